The molecule has 0 aromatic heterocycles. The number of amides is 2. The van der Waals surface area contributed by atoms with Crippen LogP contribution in [0.5, 0.6) is 0 Å². The molecule has 0 spiro atoms. The maximum Gasteiger partial charge on any atom is 0.325 e. The Morgan fingerprint density at radius 2 is 1.74 bits per heavy atom. The topological polar surface area (TPSA) is 84.5 Å². The molecule has 0 saturated carbocycles. The summed E-state index contributed by atoms with van der Waals surface area (Å²) in [6.07, 6.45) is 0. The summed E-state index contributed by atoms with van der Waals surface area (Å²) in [5.41, 5.74) is 1.19. The lowest BCUT2D eigenvalue weighted by Crippen LogP contribution is -2.34. The van der Waals surface area contributed by atoms with Gasteiger partial charge in [0.2, 0.25) is 0 Å². The average molecular weight is 409 g/mol. The van der Waals surface area contributed by atoms with Crippen LogP contribution in [0.15, 0.2) is 48.5 Å². The molecule has 27 heavy (non-hydrogen) atoms. The van der Waals surface area contributed by atoms with Crippen molar-refractivity contribution in [2.24, 2.45) is 0 Å². The maximum absolute atomic E-state index is 11.9. The SMILES string of the molecule is C[C@H](NC(=O)COC(=O)CNC(=O)c1ccc(Cl)cc1)c1cccc(Cl)c1. The number of halogens is 2. The summed E-state index contributed by atoms with van der Waals surface area (Å²) >= 11 is 11.7. The third kappa shape index (κ3) is 6.92. The molecule has 2 rings (SSSR count). The van der Waals surface area contributed by atoms with Crippen molar-refractivity contribution < 1.29 is 19.1 Å². The van der Waals surface area contributed by atoms with E-state index in [4.69, 9.17) is 27.9 Å². The van der Waals surface area contributed by atoms with E-state index in [0.717, 1.165) is 5.56 Å². The zero-order valence-electron chi connectivity index (χ0n) is 14.5. The Morgan fingerprint density at radius 3 is 2.41 bits per heavy atom. The number of nitrogens with one attached hydrogen (secondary N) is 2. The van der Waals surface area contributed by atoms with Gasteiger partial charge in [-0.05, 0) is 48.9 Å². The van der Waals surface area contributed by atoms with Crippen LogP contribution in [-0.4, -0.2) is 30.9 Å². The third-order valence-electron chi connectivity index (χ3n) is 3.59. The van der Waals surface area contributed by atoms with Gasteiger partial charge in [0.15, 0.2) is 6.61 Å². The van der Waals surface area contributed by atoms with Crippen LogP contribution in [0.4, 0.5) is 0 Å². The first-order valence-corrected chi connectivity index (χ1v) is 8.85. The highest BCUT2D eigenvalue weighted by molar-refractivity contribution is 6.30. The molecule has 1 atom stereocenters. The van der Waals surface area contributed by atoms with Crippen LogP contribution in [0.2, 0.25) is 10.0 Å². The van der Waals surface area contributed by atoms with E-state index >= 15 is 0 Å². The van der Waals surface area contributed by atoms with Crippen molar-refractivity contribution in [1.82, 2.24) is 10.6 Å². The van der Waals surface area contributed by atoms with E-state index in [-0.39, 0.29) is 12.6 Å². The molecular formula is C19H18Cl2N2O4. The first-order valence-electron chi connectivity index (χ1n) is 8.09. The number of hydrogen-bond donors (Lipinski definition) is 2. The van der Waals surface area contributed by atoms with Crippen molar-refractivity contribution in [3.05, 3.63) is 69.7 Å². The van der Waals surface area contributed by atoms with Gasteiger partial charge >= 0.3 is 5.97 Å². The molecule has 0 unspecified atom stereocenters. The summed E-state index contributed by atoms with van der Waals surface area (Å²) in [5.74, 6) is -1.62. The summed E-state index contributed by atoms with van der Waals surface area (Å²) in [6, 6.07) is 13.0. The minimum Gasteiger partial charge on any atom is -0.454 e. The summed E-state index contributed by atoms with van der Waals surface area (Å²) in [4.78, 5) is 35.4. The minimum atomic E-state index is -0.720. The van der Waals surface area contributed by atoms with Gasteiger partial charge in [0.1, 0.15) is 6.54 Å². The number of ether oxygens (including phenoxy) is 1. The molecule has 2 aromatic rings. The second-order valence-electron chi connectivity index (χ2n) is 5.69. The average Bonchev–Trinajstić information content (AvgIpc) is 2.65. The zero-order chi connectivity index (χ0) is 19.8. The van der Waals surface area contributed by atoms with Crippen molar-refractivity contribution in [2.45, 2.75) is 13.0 Å². The molecule has 6 nitrogen and oxygen atoms in total. The Labute approximate surface area is 166 Å². The van der Waals surface area contributed by atoms with E-state index < -0.39 is 24.4 Å². The molecule has 8 heteroatoms. The maximum atomic E-state index is 11.9. The summed E-state index contributed by atoms with van der Waals surface area (Å²) in [7, 11) is 0. The van der Waals surface area contributed by atoms with Gasteiger partial charge < -0.3 is 15.4 Å². The van der Waals surface area contributed by atoms with Crippen LogP contribution in [-0.2, 0) is 14.3 Å². The van der Waals surface area contributed by atoms with Crippen molar-refractivity contribution in [3.8, 4) is 0 Å². The van der Waals surface area contributed by atoms with E-state index in [9.17, 15) is 14.4 Å². The van der Waals surface area contributed by atoms with Gasteiger partial charge in [0.05, 0.1) is 6.04 Å². The van der Waals surface area contributed by atoms with Gasteiger partial charge in [0, 0.05) is 15.6 Å². The van der Waals surface area contributed by atoms with E-state index in [1.54, 1.807) is 37.3 Å². The quantitative estimate of drug-likeness (QED) is 0.689. The lowest BCUT2D eigenvalue weighted by atomic mass is 10.1. The standard InChI is InChI=1S/C19H18Cl2N2O4/c1-12(14-3-2-4-16(21)9-14)23-17(24)11-27-18(25)10-22-19(26)13-5-7-15(20)8-6-13/h2-9,12H,10-11H2,1H3,(H,22,26)(H,23,24)/t12-/m0/s1. The molecule has 0 radical (unpaired) electrons. The molecule has 0 aliphatic carbocycles. The number of hydrogen-bond acceptors (Lipinski definition) is 4. The summed E-state index contributed by atoms with van der Waals surface area (Å²) in [6.45, 7) is 0.997. The molecule has 0 aliphatic rings. The van der Waals surface area contributed by atoms with Gasteiger partial charge in [0.25, 0.3) is 11.8 Å². The van der Waals surface area contributed by atoms with Crippen molar-refractivity contribution in [3.63, 3.8) is 0 Å². The molecule has 2 N–H and O–H groups in total. The fraction of sp³-hybridized carbons (Fsp3) is 0.211. The van der Waals surface area contributed by atoms with Gasteiger partial charge in [-0.25, -0.2) is 0 Å². The van der Waals surface area contributed by atoms with Crippen LogP contribution >= 0.6 is 23.2 Å². The first kappa shape index (κ1) is 20.7. The molecule has 2 aromatic carbocycles. The number of carbonyl (C=O) groups is 3. The van der Waals surface area contributed by atoms with Crippen molar-refractivity contribution in [2.75, 3.05) is 13.2 Å². The Hall–Kier alpha value is -2.57. The lowest BCUT2D eigenvalue weighted by molar-refractivity contribution is -0.147. The van der Waals surface area contributed by atoms with E-state index in [2.05, 4.69) is 10.6 Å². The monoisotopic (exact) mass is 408 g/mol. The van der Waals surface area contributed by atoms with E-state index in [1.165, 1.54) is 12.1 Å². The lowest BCUT2D eigenvalue weighted by Gasteiger charge is -2.14. The molecule has 0 heterocycles. The molecule has 0 saturated heterocycles. The second-order valence-corrected chi connectivity index (χ2v) is 6.57. The van der Waals surface area contributed by atoms with Crippen LogP contribution in [0.1, 0.15) is 28.9 Å². The highest BCUT2D eigenvalue weighted by Crippen LogP contribution is 2.17. The zero-order valence-corrected chi connectivity index (χ0v) is 16.0. The second kappa shape index (κ2) is 9.94. The molecule has 0 fully saturated rings. The largest absolute Gasteiger partial charge is 0.454 e. The normalized spacial score (nSPS) is 11.4. The van der Waals surface area contributed by atoms with Gasteiger partial charge in [-0.3, -0.25) is 14.4 Å². The highest BCUT2D eigenvalue weighted by Gasteiger charge is 2.13. The van der Waals surface area contributed by atoms with E-state index in [0.29, 0.717) is 15.6 Å². The fourth-order valence-corrected chi connectivity index (χ4v) is 2.52. The number of esters is 1. The van der Waals surface area contributed by atoms with E-state index in [1.807, 2.05) is 6.07 Å². The molecule has 0 bridgehead atoms. The van der Waals surface area contributed by atoms with Gasteiger partial charge in [-0.1, -0.05) is 35.3 Å². The first-order chi connectivity index (χ1) is 12.8. The number of carbonyl (C=O) groups excluding carboxylic acids is 3. The molecule has 2 amide bonds. The third-order valence-corrected chi connectivity index (χ3v) is 4.08. The number of benzene rings is 2. The Morgan fingerprint density at radius 1 is 1.04 bits per heavy atom. The Bertz CT molecular complexity index is 825. The minimum absolute atomic E-state index is 0.292. The molecule has 142 valence electrons. The van der Waals surface area contributed by atoms with Crippen LogP contribution in [0.25, 0.3) is 0 Å². The predicted molar refractivity (Wildman–Crippen MR) is 103 cm³/mol. The molecular weight excluding hydrogens is 391 g/mol. The highest BCUT2D eigenvalue weighted by atomic mass is 35.5. The van der Waals surface area contributed by atoms with Gasteiger partial charge in [-0.2, -0.15) is 0 Å². The summed E-state index contributed by atoms with van der Waals surface area (Å²) in [5, 5.41) is 6.18. The van der Waals surface area contributed by atoms with Gasteiger partial charge in [-0.15, -0.1) is 0 Å². The Kier molecular flexibility index (Phi) is 7.64. The number of rotatable bonds is 7. The van der Waals surface area contributed by atoms with Crippen LogP contribution < -0.4 is 10.6 Å². The van der Waals surface area contributed by atoms with Crippen LogP contribution in [0, 0.1) is 0 Å². The summed E-state index contributed by atoms with van der Waals surface area (Å²) < 4.78 is 4.86. The predicted octanol–water partition coefficient (Wildman–Crippen LogP) is 3.14. The van der Waals surface area contributed by atoms with Crippen LogP contribution in [0.3, 0.4) is 0 Å². The Balaban J connectivity index is 1.72. The smallest absolute Gasteiger partial charge is 0.325 e. The fourth-order valence-electron chi connectivity index (χ4n) is 2.20. The molecule has 0 aliphatic heterocycles. The van der Waals surface area contributed by atoms with Crippen molar-refractivity contribution >= 4 is 41.0 Å². The van der Waals surface area contributed by atoms with Crippen molar-refractivity contribution in [1.29, 1.82) is 0 Å².